The van der Waals surface area contributed by atoms with Crippen molar-refractivity contribution in [1.82, 2.24) is 0 Å². The number of amides is 1. The van der Waals surface area contributed by atoms with E-state index in [4.69, 9.17) is 21.1 Å². The lowest BCUT2D eigenvalue weighted by atomic mass is 10.2. The Morgan fingerprint density at radius 2 is 2.27 bits per heavy atom. The zero-order valence-electron chi connectivity index (χ0n) is 8.41. The van der Waals surface area contributed by atoms with E-state index in [-0.39, 0.29) is 12.5 Å². The highest BCUT2D eigenvalue weighted by molar-refractivity contribution is 6.32. The molecule has 80 valence electrons. The van der Waals surface area contributed by atoms with Crippen LogP contribution in [-0.2, 0) is 4.79 Å². The highest BCUT2D eigenvalue weighted by Crippen LogP contribution is 2.39. The van der Waals surface area contributed by atoms with Gasteiger partial charge in [0, 0.05) is 13.1 Å². The third kappa shape index (κ3) is 1.61. The van der Waals surface area contributed by atoms with Crippen LogP contribution in [0.3, 0.4) is 0 Å². The van der Waals surface area contributed by atoms with E-state index in [1.54, 1.807) is 19.2 Å². The second kappa shape index (κ2) is 3.62. The minimum atomic E-state index is -0.0938. The summed E-state index contributed by atoms with van der Waals surface area (Å²) in [6.45, 7) is 0.0499. The zero-order chi connectivity index (χ0) is 11.0. The predicted octanol–water partition coefficient (Wildman–Crippen LogP) is 1.70. The van der Waals surface area contributed by atoms with Gasteiger partial charge in [-0.3, -0.25) is 4.79 Å². The van der Waals surface area contributed by atoms with Gasteiger partial charge in [0.15, 0.2) is 6.61 Å². The maximum absolute atomic E-state index is 11.3. The lowest BCUT2D eigenvalue weighted by molar-refractivity contribution is -0.120. The van der Waals surface area contributed by atoms with Crippen molar-refractivity contribution in [3.63, 3.8) is 0 Å². The molecule has 0 saturated heterocycles. The highest BCUT2D eigenvalue weighted by Gasteiger charge is 2.23. The molecule has 0 N–H and O–H groups in total. The lowest BCUT2D eigenvalue weighted by Gasteiger charge is -2.26. The Kier molecular flexibility index (Phi) is 2.44. The van der Waals surface area contributed by atoms with E-state index < -0.39 is 0 Å². The molecule has 0 spiro atoms. The molecule has 0 fully saturated rings. The molecule has 1 aromatic rings. The monoisotopic (exact) mass is 227 g/mol. The number of likely N-dealkylation sites (N-methyl/N-ethyl adjacent to an activating group) is 1. The van der Waals surface area contributed by atoms with E-state index in [1.165, 1.54) is 12.0 Å². The van der Waals surface area contributed by atoms with Gasteiger partial charge in [-0.2, -0.15) is 0 Å². The van der Waals surface area contributed by atoms with Gasteiger partial charge in [0.1, 0.15) is 11.5 Å². The van der Waals surface area contributed by atoms with Crippen molar-refractivity contribution in [1.29, 1.82) is 0 Å². The summed E-state index contributed by atoms with van der Waals surface area (Å²) in [5.74, 6) is 1.06. The van der Waals surface area contributed by atoms with E-state index in [2.05, 4.69) is 0 Å². The molecule has 0 bridgehead atoms. The van der Waals surface area contributed by atoms with Crippen LogP contribution < -0.4 is 14.4 Å². The van der Waals surface area contributed by atoms with Crippen LogP contribution in [0, 0.1) is 0 Å². The molecule has 0 atom stereocenters. The van der Waals surface area contributed by atoms with Crippen molar-refractivity contribution in [2.75, 3.05) is 25.7 Å². The molecule has 1 aromatic carbocycles. The van der Waals surface area contributed by atoms with Gasteiger partial charge in [0.25, 0.3) is 5.91 Å². The van der Waals surface area contributed by atoms with E-state index in [9.17, 15) is 4.79 Å². The van der Waals surface area contributed by atoms with E-state index >= 15 is 0 Å². The van der Waals surface area contributed by atoms with E-state index in [0.717, 1.165) is 0 Å². The molecular formula is C10H10ClNO3. The molecule has 1 heterocycles. The summed E-state index contributed by atoms with van der Waals surface area (Å²) >= 11 is 5.96. The second-order valence-electron chi connectivity index (χ2n) is 3.20. The fraction of sp³-hybridized carbons (Fsp3) is 0.300. The van der Waals surface area contributed by atoms with Crippen LogP contribution in [0.15, 0.2) is 12.1 Å². The molecule has 1 aliphatic heterocycles. The summed E-state index contributed by atoms with van der Waals surface area (Å²) in [7, 11) is 3.22. The zero-order valence-corrected chi connectivity index (χ0v) is 9.17. The first-order chi connectivity index (χ1) is 7.13. The maximum atomic E-state index is 11.3. The van der Waals surface area contributed by atoms with Gasteiger partial charge in [0.05, 0.1) is 17.8 Å². The topological polar surface area (TPSA) is 38.8 Å². The predicted molar refractivity (Wildman–Crippen MR) is 56.9 cm³/mol. The molecule has 5 heteroatoms. The molecule has 15 heavy (non-hydrogen) atoms. The van der Waals surface area contributed by atoms with Crippen molar-refractivity contribution in [2.24, 2.45) is 0 Å². The number of nitrogens with zero attached hydrogens (tertiary/aromatic N) is 1. The van der Waals surface area contributed by atoms with Crippen molar-refractivity contribution in [2.45, 2.75) is 0 Å². The Morgan fingerprint density at radius 3 is 2.93 bits per heavy atom. The molecule has 0 unspecified atom stereocenters. The summed E-state index contributed by atoms with van der Waals surface area (Å²) in [5, 5.41) is 0.460. The number of halogens is 1. The Balaban J connectivity index is 2.52. The molecule has 4 nitrogen and oxygen atoms in total. The van der Waals surface area contributed by atoms with Crippen LogP contribution in [0.1, 0.15) is 0 Å². The SMILES string of the molecule is COc1cc2c(cc1Cl)N(C)C(=O)CO2. The largest absolute Gasteiger partial charge is 0.495 e. The summed E-state index contributed by atoms with van der Waals surface area (Å²) in [4.78, 5) is 12.9. The van der Waals surface area contributed by atoms with Gasteiger partial charge in [-0.15, -0.1) is 0 Å². The molecule has 2 rings (SSSR count). The van der Waals surface area contributed by atoms with Gasteiger partial charge in [0.2, 0.25) is 0 Å². The third-order valence-electron chi connectivity index (χ3n) is 2.32. The standard InChI is InChI=1S/C10H10ClNO3/c1-12-7-3-6(11)8(14-2)4-9(7)15-5-10(12)13/h3-4H,5H2,1-2H3. The Bertz CT molecular complexity index is 419. The number of hydrogen-bond acceptors (Lipinski definition) is 3. The number of ether oxygens (including phenoxy) is 2. The second-order valence-corrected chi connectivity index (χ2v) is 3.60. The van der Waals surface area contributed by atoms with Crippen LogP contribution in [0.25, 0.3) is 0 Å². The van der Waals surface area contributed by atoms with Crippen LogP contribution in [0.2, 0.25) is 5.02 Å². The van der Waals surface area contributed by atoms with Crippen molar-refractivity contribution in [3.8, 4) is 11.5 Å². The van der Waals surface area contributed by atoms with Gasteiger partial charge >= 0.3 is 0 Å². The fourth-order valence-corrected chi connectivity index (χ4v) is 1.66. The average Bonchev–Trinajstić information content (AvgIpc) is 2.24. The maximum Gasteiger partial charge on any atom is 0.264 e. The number of fused-ring (bicyclic) bond motifs is 1. The normalized spacial score (nSPS) is 14.6. The number of carbonyl (C=O) groups excluding carboxylic acids is 1. The van der Waals surface area contributed by atoms with Crippen molar-refractivity contribution in [3.05, 3.63) is 17.2 Å². The lowest BCUT2D eigenvalue weighted by Crippen LogP contribution is -2.35. The first-order valence-corrected chi connectivity index (χ1v) is 4.78. The van der Waals surface area contributed by atoms with Crippen LogP contribution in [0.4, 0.5) is 5.69 Å². The fourth-order valence-electron chi connectivity index (χ4n) is 1.43. The Labute approximate surface area is 92.3 Å². The van der Waals surface area contributed by atoms with Crippen LogP contribution in [0.5, 0.6) is 11.5 Å². The van der Waals surface area contributed by atoms with Gasteiger partial charge in [-0.1, -0.05) is 11.6 Å². The van der Waals surface area contributed by atoms with E-state index in [0.29, 0.717) is 22.2 Å². The Hall–Kier alpha value is -1.42. The molecule has 1 aliphatic rings. The van der Waals surface area contributed by atoms with Gasteiger partial charge < -0.3 is 14.4 Å². The summed E-state index contributed by atoms with van der Waals surface area (Å²) < 4.78 is 10.3. The molecule has 0 aromatic heterocycles. The minimum Gasteiger partial charge on any atom is -0.495 e. The highest BCUT2D eigenvalue weighted by atomic mass is 35.5. The van der Waals surface area contributed by atoms with Crippen LogP contribution in [-0.4, -0.2) is 26.7 Å². The summed E-state index contributed by atoms with van der Waals surface area (Å²) in [6, 6.07) is 3.34. The summed E-state index contributed by atoms with van der Waals surface area (Å²) in [5.41, 5.74) is 0.664. The first-order valence-electron chi connectivity index (χ1n) is 4.40. The first kappa shape index (κ1) is 10.1. The van der Waals surface area contributed by atoms with E-state index in [1.807, 2.05) is 0 Å². The van der Waals surface area contributed by atoms with Crippen LogP contribution >= 0.6 is 11.6 Å². The quantitative estimate of drug-likeness (QED) is 0.733. The third-order valence-corrected chi connectivity index (χ3v) is 2.62. The number of rotatable bonds is 1. The molecule has 1 amide bonds. The summed E-state index contributed by atoms with van der Waals surface area (Å²) in [6.07, 6.45) is 0. The average molecular weight is 228 g/mol. The number of benzene rings is 1. The number of anilines is 1. The molecule has 0 radical (unpaired) electrons. The van der Waals surface area contributed by atoms with Crippen molar-refractivity contribution >= 4 is 23.2 Å². The number of carbonyl (C=O) groups is 1. The van der Waals surface area contributed by atoms with Gasteiger partial charge in [-0.25, -0.2) is 0 Å². The minimum absolute atomic E-state index is 0.0499. The smallest absolute Gasteiger partial charge is 0.264 e. The molecule has 0 aliphatic carbocycles. The number of methoxy groups -OCH3 is 1. The number of hydrogen-bond donors (Lipinski definition) is 0. The molecular weight excluding hydrogens is 218 g/mol. The molecule has 0 saturated carbocycles. The van der Waals surface area contributed by atoms with Gasteiger partial charge in [-0.05, 0) is 6.07 Å². The van der Waals surface area contributed by atoms with Crippen molar-refractivity contribution < 1.29 is 14.3 Å². The Morgan fingerprint density at radius 1 is 1.53 bits per heavy atom.